The van der Waals surface area contributed by atoms with Gasteiger partial charge in [0.25, 0.3) is 0 Å². The zero-order chi connectivity index (χ0) is 23.1. The van der Waals surface area contributed by atoms with Crippen LogP contribution in [-0.4, -0.2) is 22.4 Å². The van der Waals surface area contributed by atoms with E-state index in [-0.39, 0.29) is 12.1 Å². The minimum atomic E-state index is -4.42. The predicted octanol–water partition coefficient (Wildman–Crippen LogP) is 4.42. The summed E-state index contributed by atoms with van der Waals surface area (Å²) in [6.45, 7) is 4.81. The molecular weight excluding hydrogens is 417 g/mol. The number of aryl methyl sites for hydroxylation is 1. The van der Waals surface area contributed by atoms with Crippen LogP contribution >= 0.6 is 0 Å². The van der Waals surface area contributed by atoms with Crippen LogP contribution in [0.1, 0.15) is 33.6 Å². The molecule has 32 heavy (non-hydrogen) atoms. The third-order valence-corrected chi connectivity index (χ3v) is 4.89. The highest BCUT2D eigenvalue weighted by Crippen LogP contribution is 2.29. The molecule has 0 radical (unpaired) electrons. The summed E-state index contributed by atoms with van der Waals surface area (Å²) in [6, 6.07) is 14.3. The monoisotopic (exact) mass is 440 g/mol. The number of urea groups is 1. The molecule has 0 spiro atoms. The van der Waals surface area contributed by atoms with Gasteiger partial charge in [-0.05, 0) is 37.6 Å². The smallest absolute Gasteiger partial charge is 0.334 e. The highest BCUT2D eigenvalue weighted by Gasteiger charge is 2.30. The van der Waals surface area contributed by atoms with Crippen LogP contribution in [0, 0.1) is 25.7 Å². The van der Waals surface area contributed by atoms with E-state index in [1.54, 1.807) is 0 Å². The molecule has 0 unspecified atom stereocenters. The second-order valence-corrected chi connectivity index (χ2v) is 7.21. The predicted molar refractivity (Wildman–Crippen MR) is 116 cm³/mol. The summed E-state index contributed by atoms with van der Waals surface area (Å²) in [5.74, 6) is 5.28. The summed E-state index contributed by atoms with van der Waals surface area (Å²) in [5.41, 5.74) is 3.35. The molecule has 3 rings (SSSR count). The molecule has 0 bridgehead atoms. The molecule has 0 saturated carbocycles. The summed E-state index contributed by atoms with van der Waals surface area (Å²) in [6.07, 6.45) is -4.42. The van der Waals surface area contributed by atoms with E-state index in [9.17, 15) is 18.0 Å². The molecule has 2 N–H and O–H groups in total. The Hall–Kier alpha value is -3.73. The Morgan fingerprint density at radius 1 is 1.06 bits per heavy atom. The number of benzene rings is 2. The minimum absolute atomic E-state index is 0.00725. The number of amides is 2. The number of carbonyl (C=O) groups is 1. The Kier molecular flexibility index (Phi) is 7.21. The standard InChI is InChI=1S/C24H23F3N4O/c1-17-22(18(2)31(30-17)16-20-8-4-3-5-9-20)15-29-23(32)28-13-7-11-19-10-6-12-21(14-19)24(25,26)27/h3-6,8-10,12,14H,13,15-16H2,1-2H3,(H2,28,29,32). The third-order valence-electron chi connectivity index (χ3n) is 4.89. The highest BCUT2D eigenvalue weighted by molar-refractivity contribution is 5.74. The second-order valence-electron chi connectivity index (χ2n) is 7.21. The molecule has 166 valence electrons. The van der Waals surface area contributed by atoms with Gasteiger partial charge in [0.15, 0.2) is 0 Å². The van der Waals surface area contributed by atoms with Gasteiger partial charge in [0.1, 0.15) is 0 Å². The number of hydrogen-bond acceptors (Lipinski definition) is 2. The first-order valence-electron chi connectivity index (χ1n) is 9.98. The summed E-state index contributed by atoms with van der Waals surface area (Å²) in [7, 11) is 0. The number of aromatic nitrogens is 2. The van der Waals surface area contributed by atoms with Crippen molar-refractivity contribution in [1.82, 2.24) is 20.4 Å². The quantitative estimate of drug-likeness (QED) is 0.577. The largest absolute Gasteiger partial charge is 0.416 e. The number of alkyl halides is 3. The van der Waals surface area contributed by atoms with E-state index < -0.39 is 17.8 Å². The van der Waals surface area contributed by atoms with Crippen molar-refractivity contribution in [2.45, 2.75) is 33.1 Å². The normalized spacial score (nSPS) is 10.9. The van der Waals surface area contributed by atoms with Crippen molar-refractivity contribution in [3.05, 3.63) is 88.2 Å². The molecule has 0 aliphatic heterocycles. The van der Waals surface area contributed by atoms with E-state index in [4.69, 9.17) is 0 Å². The van der Waals surface area contributed by atoms with Crippen molar-refractivity contribution >= 4 is 6.03 Å². The van der Waals surface area contributed by atoms with E-state index >= 15 is 0 Å². The minimum Gasteiger partial charge on any atom is -0.334 e. The van der Waals surface area contributed by atoms with Crippen LogP contribution in [0.4, 0.5) is 18.0 Å². The first-order valence-corrected chi connectivity index (χ1v) is 9.98. The van der Waals surface area contributed by atoms with Crippen molar-refractivity contribution in [1.29, 1.82) is 0 Å². The van der Waals surface area contributed by atoms with Crippen molar-refractivity contribution in [2.75, 3.05) is 6.54 Å². The molecule has 8 heteroatoms. The van der Waals surface area contributed by atoms with Gasteiger partial charge >= 0.3 is 12.2 Å². The van der Waals surface area contributed by atoms with E-state index in [1.807, 2.05) is 48.9 Å². The van der Waals surface area contributed by atoms with Gasteiger partial charge in [-0.25, -0.2) is 4.79 Å². The van der Waals surface area contributed by atoms with Gasteiger partial charge in [-0.3, -0.25) is 4.68 Å². The SMILES string of the molecule is Cc1nn(Cc2ccccc2)c(C)c1CNC(=O)NCC#Cc1cccc(C(F)(F)F)c1. The van der Waals surface area contributed by atoms with Crippen molar-refractivity contribution in [3.63, 3.8) is 0 Å². The van der Waals surface area contributed by atoms with E-state index in [0.29, 0.717) is 13.1 Å². The van der Waals surface area contributed by atoms with Gasteiger partial charge in [0, 0.05) is 23.4 Å². The maximum Gasteiger partial charge on any atom is 0.416 e. The molecule has 2 amide bonds. The van der Waals surface area contributed by atoms with Crippen molar-refractivity contribution in [3.8, 4) is 11.8 Å². The second kappa shape index (κ2) is 10.1. The summed E-state index contributed by atoms with van der Waals surface area (Å²) >= 11 is 0. The molecular formula is C24H23F3N4O. The van der Waals surface area contributed by atoms with Crippen LogP contribution in [0.5, 0.6) is 0 Å². The van der Waals surface area contributed by atoms with Crippen molar-refractivity contribution < 1.29 is 18.0 Å². The molecule has 0 saturated heterocycles. The Morgan fingerprint density at radius 3 is 2.53 bits per heavy atom. The van der Waals surface area contributed by atoms with Gasteiger partial charge in [-0.1, -0.05) is 48.2 Å². The Labute approximate surface area is 184 Å². The average Bonchev–Trinajstić information content (AvgIpc) is 3.02. The van der Waals surface area contributed by atoms with Gasteiger partial charge in [-0.15, -0.1) is 0 Å². The number of halogens is 3. The van der Waals surface area contributed by atoms with E-state index in [1.165, 1.54) is 12.1 Å². The number of nitrogens with one attached hydrogen (secondary N) is 2. The molecule has 0 aliphatic rings. The summed E-state index contributed by atoms with van der Waals surface area (Å²) < 4.78 is 40.1. The van der Waals surface area contributed by atoms with Crippen LogP contribution in [0.25, 0.3) is 0 Å². The first kappa shape index (κ1) is 22.9. The van der Waals surface area contributed by atoms with Crippen LogP contribution < -0.4 is 10.6 Å². The number of carbonyl (C=O) groups excluding carboxylic acids is 1. The topological polar surface area (TPSA) is 59.0 Å². The molecule has 1 aromatic heterocycles. The molecule has 0 aliphatic carbocycles. The van der Waals surface area contributed by atoms with Crippen LogP contribution in [0.15, 0.2) is 54.6 Å². The maximum absolute atomic E-state index is 12.7. The zero-order valence-electron chi connectivity index (χ0n) is 17.8. The molecule has 1 heterocycles. The molecule has 0 atom stereocenters. The van der Waals surface area contributed by atoms with Crippen LogP contribution in [0.3, 0.4) is 0 Å². The number of nitrogens with zero attached hydrogens (tertiary/aromatic N) is 2. The highest BCUT2D eigenvalue weighted by atomic mass is 19.4. The molecule has 3 aromatic rings. The van der Waals surface area contributed by atoms with Gasteiger partial charge in [0.05, 0.1) is 24.3 Å². The van der Waals surface area contributed by atoms with E-state index in [2.05, 4.69) is 27.6 Å². The fraction of sp³-hybridized carbons (Fsp3) is 0.250. The van der Waals surface area contributed by atoms with Gasteiger partial charge in [0.2, 0.25) is 0 Å². The molecule has 5 nitrogen and oxygen atoms in total. The zero-order valence-corrected chi connectivity index (χ0v) is 17.8. The lowest BCUT2D eigenvalue weighted by molar-refractivity contribution is -0.137. The summed E-state index contributed by atoms with van der Waals surface area (Å²) in [5, 5.41) is 9.91. The fourth-order valence-corrected chi connectivity index (χ4v) is 3.18. The Bertz CT molecular complexity index is 1140. The number of rotatable bonds is 5. The third kappa shape index (κ3) is 6.14. The lowest BCUT2D eigenvalue weighted by atomic mass is 10.1. The molecule has 0 fully saturated rings. The number of hydrogen-bond donors (Lipinski definition) is 2. The lowest BCUT2D eigenvalue weighted by Crippen LogP contribution is -2.35. The van der Waals surface area contributed by atoms with Gasteiger partial charge < -0.3 is 10.6 Å². The Balaban J connectivity index is 1.51. The lowest BCUT2D eigenvalue weighted by Gasteiger charge is -2.07. The average molecular weight is 440 g/mol. The van der Waals surface area contributed by atoms with E-state index in [0.717, 1.165) is 34.6 Å². The van der Waals surface area contributed by atoms with Crippen molar-refractivity contribution in [2.24, 2.45) is 0 Å². The molecule has 2 aromatic carbocycles. The van der Waals surface area contributed by atoms with Crippen LogP contribution in [0.2, 0.25) is 0 Å². The fourth-order valence-electron chi connectivity index (χ4n) is 3.18. The Morgan fingerprint density at radius 2 is 1.81 bits per heavy atom. The summed E-state index contributed by atoms with van der Waals surface area (Å²) in [4.78, 5) is 12.1. The first-order chi connectivity index (χ1) is 15.2. The maximum atomic E-state index is 12.7. The van der Waals surface area contributed by atoms with Gasteiger partial charge in [-0.2, -0.15) is 18.3 Å². The van der Waals surface area contributed by atoms with Crippen LogP contribution in [-0.2, 0) is 19.3 Å².